The van der Waals surface area contributed by atoms with E-state index >= 15 is 0 Å². The van der Waals surface area contributed by atoms with Gasteiger partial charge in [0.15, 0.2) is 28.8 Å². The fraction of sp³-hybridized carbons (Fsp3) is 0.588. The number of H-pyrrole nitrogens is 2. The number of aromatic amines is 2. The molecule has 1 aliphatic rings. The maximum Gasteiger partial charge on any atom is 0.342 e. The standard InChI is InChI=1S/C17H21N3O11S/c1-6(21)27-5-10-11(28-7(2)22)12(29-8(3)23)13(30-9(4)24)16(31-10)32-15-14(25)18-17(26)20-19-15/h10-13,16H,5H2,1-4H3,(H2,18,20,25,26)/t10-,11-,12+,13+,16+/m0/s1. The average molecular weight is 475 g/mol. The van der Waals surface area contributed by atoms with E-state index in [-0.39, 0.29) is 5.03 Å². The van der Waals surface area contributed by atoms with Crippen molar-refractivity contribution in [3.05, 3.63) is 20.8 Å². The number of carbonyl (C=O) groups excluding carboxylic acids is 4. The number of esters is 4. The predicted molar refractivity (Wildman–Crippen MR) is 103 cm³/mol. The third-order valence-corrected chi connectivity index (χ3v) is 4.97. The number of ether oxygens (including phenoxy) is 5. The van der Waals surface area contributed by atoms with Gasteiger partial charge in [0.05, 0.1) is 0 Å². The number of nitrogens with one attached hydrogen (secondary N) is 2. The molecule has 0 spiro atoms. The average Bonchev–Trinajstić information content (AvgIpc) is 2.65. The molecule has 0 aliphatic carbocycles. The van der Waals surface area contributed by atoms with E-state index in [4.69, 9.17) is 23.7 Å². The van der Waals surface area contributed by atoms with Crippen molar-refractivity contribution in [3.8, 4) is 0 Å². The number of aromatic nitrogens is 3. The fourth-order valence-electron chi connectivity index (χ4n) is 2.81. The van der Waals surface area contributed by atoms with Crippen LogP contribution in [-0.4, -0.2) is 75.5 Å². The van der Waals surface area contributed by atoms with E-state index in [1.807, 2.05) is 10.1 Å². The fourth-order valence-corrected chi connectivity index (χ4v) is 3.83. The second-order valence-corrected chi connectivity index (χ2v) is 7.58. The van der Waals surface area contributed by atoms with Gasteiger partial charge in [-0.2, -0.15) is 5.10 Å². The Morgan fingerprint density at radius 2 is 1.47 bits per heavy atom. The molecular weight excluding hydrogens is 454 g/mol. The first kappa shape index (κ1) is 25.1. The highest BCUT2D eigenvalue weighted by atomic mass is 32.2. The van der Waals surface area contributed by atoms with Crippen LogP contribution in [0.1, 0.15) is 27.7 Å². The SMILES string of the molecule is CC(=O)OC[C@@H]1O[C@H](Sc2n[nH]c(=O)[nH]c2=O)[C@H](OC(C)=O)[C@H](OC(C)=O)[C@H]1OC(C)=O. The molecular formula is C17H21N3O11S. The molecule has 0 aromatic carbocycles. The van der Waals surface area contributed by atoms with Crippen LogP contribution in [0.5, 0.6) is 0 Å². The maximum absolute atomic E-state index is 12.1. The summed E-state index contributed by atoms with van der Waals surface area (Å²) in [5, 5.41) is 5.41. The van der Waals surface area contributed by atoms with Gasteiger partial charge in [0.1, 0.15) is 12.7 Å². The molecule has 0 bridgehead atoms. The number of hydrogen-bond donors (Lipinski definition) is 2. The summed E-state index contributed by atoms with van der Waals surface area (Å²) in [6.07, 6.45) is -5.24. The Bertz CT molecular complexity index is 990. The Kier molecular flexibility index (Phi) is 8.54. The molecule has 1 fully saturated rings. The number of nitrogens with zero attached hydrogens (tertiary/aromatic N) is 1. The normalized spacial score (nSPS) is 24.8. The van der Waals surface area contributed by atoms with E-state index in [9.17, 15) is 28.8 Å². The van der Waals surface area contributed by atoms with Gasteiger partial charge >= 0.3 is 29.6 Å². The molecule has 0 radical (unpaired) electrons. The van der Waals surface area contributed by atoms with Crippen molar-refractivity contribution in [1.29, 1.82) is 0 Å². The Balaban J connectivity index is 2.49. The van der Waals surface area contributed by atoms with Crippen LogP contribution in [0, 0.1) is 0 Å². The molecule has 1 aromatic rings. The molecule has 2 N–H and O–H groups in total. The first-order valence-electron chi connectivity index (χ1n) is 9.14. The molecule has 0 unspecified atom stereocenters. The number of rotatable bonds is 7. The number of thioether (sulfide) groups is 1. The van der Waals surface area contributed by atoms with Gasteiger partial charge in [-0.05, 0) is 0 Å². The molecule has 1 aromatic heterocycles. The van der Waals surface area contributed by atoms with E-state index in [1.54, 1.807) is 0 Å². The van der Waals surface area contributed by atoms with Crippen LogP contribution in [-0.2, 0) is 42.9 Å². The smallest absolute Gasteiger partial charge is 0.342 e. The predicted octanol–water partition coefficient (Wildman–Crippen LogP) is -1.37. The van der Waals surface area contributed by atoms with Gasteiger partial charge in [-0.25, -0.2) is 9.89 Å². The summed E-state index contributed by atoms with van der Waals surface area (Å²) in [5.41, 5.74) is -2.94. The van der Waals surface area contributed by atoms with Crippen molar-refractivity contribution in [2.24, 2.45) is 0 Å². The van der Waals surface area contributed by atoms with Crippen molar-refractivity contribution in [3.63, 3.8) is 0 Å². The second-order valence-electron chi connectivity index (χ2n) is 6.50. The summed E-state index contributed by atoms with van der Waals surface area (Å²) >= 11 is 0.643. The van der Waals surface area contributed by atoms with Crippen molar-refractivity contribution < 1.29 is 42.9 Å². The van der Waals surface area contributed by atoms with E-state index < -0.39 is 71.6 Å². The number of carbonyl (C=O) groups is 4. The highest BCUT2D eigenvalue weighted by Gasteiger charge is 2.52. The Morgan fingerprint density at radius 3 is 2.00 bits per heavy atom. The molecule has 5 atom stereocenters. The van der Waals surface area contributed by atoms with E-state index in [2.05, 4.69) is 5.10 Å². The third-order valence-electron chi connectivity index (χ3n) is 3.86. The van der Waals surface area contributed by atoms with Crippen LogP contribution < -0.4 is 11.2 Å². The minimum Gasteiger partial charge on any atom is -0.463 e. The monoisotopic (exact) mass is 475 g/mol. The van der Waals surface area contributed by atoms with E-state index in [1.165, 1.54) is 0 Å². The quantitative estimate of drug-likeness (QED) is 0.347. The van der Waals surface area contributed by atoms with Gasteiger partial charge in [0.25, 0.3) is 5.56 Å². The molecule has 0 amide bonds. The van der Waals surface area contributed by atoms with Gasteiger partial charge in [-0.3, -0.25) is 29.0 Å². The molecule has 0 saturated carbocycles. The van der Waals surface area contributed by atoms with Crippen LogP contribution in [0.2, 0.25) is 0 Å². The van der Waals surface area contributed by atoms with Crippen LogP contribution in [0.15, 0.2) is 14.6 Å². The molecule has 1 saturated heterocycles. The highest BCUT2D eigenvalue weighted by molar-refractivity contribution is 7.99. The first-order chi connectivity index (χ1) is 15.0. The van der Waals surface area contributed by atoms with Crippen molar-refractivity contribution in [2.75, 3.05) is 6.61 Å². The lowest BCUT2D eigenvalue weighted by Gasteiger charge is -2.43. The molecule has 1 aliphatic heterocycles. The molecule has 14 nitrogen and oxygen atoms in total. The molecule has 15 heteroatoms. The Morgan fingerprint density at radius 1 is 0.906 bits per heavy atom. The summed E-state index contributed by atoms with van der Waals surface area (Å²) in [5.74, 6) is -3.01. The minimum atomic E-state index is -1.38. The lowest BCUT2D eigenvalue weighted by Crippen LogP contribution is -2.61. The summed E-state index contributed by atoms with van der Waals surface area (Å²) < 4.78 is 26.6. The molecule has 176 valence electrons. The Hall–Kier alpha value is -3.20. The number of hydrogen-bond acceptors (Lipinski definition) is 13. The van der Waals surface area contributed by atoms with E-state index in [0.717, 1.165) is 27.7 Å². The molecule has 2 rings (SSSR count). The minimum absolute atomic E-state index is 0.259. The van der Waals surface area contributed by atoms with Crippen molar-refractivity contribution >= 4 is 35.6 Å². The van der Waals surface area contributed by atoms with Gasteiger partial charge in [0, 0.05) is 27.7 Å². The van der Waals surface area contributed by atoms with Gasteiger partial charge in [0.2, 0.25) is 0 Å². The zero-order chi connectivity index (χ0) is 24.0. The zero-order valence-electron chi connectivity index (χ0n) is 17.4. The van der Waals surface area contributed by atoms with Crippen LogP contribution >= 0.6 is 11.8 Å². The molecule has 32 heavy (non-hydrogen) atoms. The maximum atomic E-state index is 12.1. The van der Waals surface area contributed by atoms with Crippen LogP contribution in [0.4, 0.5) is 0 Å². The highest BCUT2D eigenvalue weighted by Crippen LogP contribution is 2.36. The zero-order valence-corrected chi connectivity index (χ0v) is 18.3. The van der Waals surface area contributed by atoms with E-state index in [0.29, 0.717) is 11.8 Å². The summed E-state index contributed by atoms with van der Waals surface area (Å²) in [6, 6.07) is 0. The first-order valence-corrected chi connectivity index (χ1v) is 10.0. The molecule has 2 heterocycles. The lowest BCUT2D eigenvalue weighted by molar-refractivity contribution is -0.237. The van der Waals surface area contributed by atoms with Crippen molar-refractivity contribution in [2.45, 2.75) is 62.6 Å². The summed E-state index contributed by atoms with van der Waals surface area (Å²) in [6.45, 7) is 4.00. The van der Waals surface area contributed by atoms with Gasteiger partial charge in [-0.1, -0.05) is 11.8 Å². The third kappa shape index (κ3) is 6.91. The topological polar surface area (TPSA) is 193 Å². The summed E-state index contributed by atoms with van der Waals surface area (Å²) in [4.78, 5) is 71.7. The van der Waals surface area contributed by atoms with Crippen LogP contribution in [0.3, 0.4) is 0 Å². The second kappa shape index (κ2) is 10.9. The van der Waals surface area contributed by atoms with Crippen LogP contribution in [0.25, 0.3) is 0 Å². The Labute approximate surface area is 184 Å². The van der Waals surface area contributed by atoms with Gasteiger partial charge in [-0.15, -0.1) is 0 Å². The summed E-state index contributed by atoms with van der Waals surface area (Å²) in [7, 11) is 0. The largest absolute Gasteiger partial charge is 0.463 e. The van der Waals surface area contributed by atoms with Gasteiger partial charge < -0.3 is 23.7 Å². The van der Waals surface area contributed by atoms with Crippen molar-refractivity contribution in [1.82, 2.24) is 15.2 Å². The lowest BCUT2D eigenvalue weighted by atomic mass is 9.99.